The van der Waals surface area contributed by atoms with E-state index in [1.807, 2.05) is 0 Å². The van der Waals surface area contributed by atoms with Gasteiger partial charge in [-0.25, -0.2) is 9.18 Å². The SMILES string of the molecule is CCOC(=O)Nc1cccc(C(=O)NCC(c2ccc(F)cc2)N2CCOCC2)c1. The molecule has 0 aromatic heterocycles. The number of amides is 2. The fourth-order valence-electron chi connectivity index (χ4n) is 3.35. The first-order valence-electron chi connectivity index (χ1n) is 9.96. The van der Waals surface area contributed by atoms with Crippen molar-refractivity contribution in [3.05, 3.63) is 65.5 Å². The largest absolute Gasteiger partial charge is 0.450 e. The van der Waals surface area contributed by atoms with Crippen molar-refractivity contribution in [2.24, 2.45) is 0 Å². The fourth-order valence-corrected chi connectivity index (χ4v) is 3.35. The number of rotatable bonds is 7. The molecule has 2 aromatic rings. The quantitative estimate of drug-likeness (QED) is 0.726. The summed E-state index contributed by atoms with van der Waals surface area (Å²) in [5.74, 6) is -0.558. The Balaban J connectivity index is 1.68. The summed E-state index contributed by atoms with van der Waals surface area (Å²) in [7, 11) is 0. The first kappa shape index (κ1) is 21.7. The molecule has 2 amide bonds. The van der Waals surface area contributed by atoms with E-state index in [2.05, 4.69) is 15.5 Å². The molecular weight excluding hydrogens is 389 g/mol. The number of nitrogens with one attached hydrogen (secondary N) is 2. The summed E-state index contributed by atoms with van der Waals surface area (Å²) in [6.07, 6.45) is -0.571. The third kappa shape index (κ3) is 6.01. The topological polar surface area (TPSA) is 79.9 Å². The lowest BCUT2D eigenvalue weighted by molar-refractivity contribution is 0.0162. The highest BCUT2D eigenvalue weighted by Crippen LogP contribution is 2.22. The van der Waals surface area contributed by atoms with Gasteiger partial charge in [0, 0.05) is 30.9 Å². The van der Waals surface area contributed by atoms with Crippen molar-refractivity contribution >= 4 is 17.7 Å². The minimum atomic E-state index is -0.571. The third-order valence-electron chi connectivity index (χ3n) is 4.84. The lowest BCUT2D eigenvalue weighted by atomic mass is 10.0. The average molecular weight is 415 g/mol. The standard InChI is InChI=1S/C22H26FN3O4/c1-2-30-22(28)25-19-5-3-4-17(14-19)21(27)24-15-20(26-10-12-29-13-11-26)16-6-8-18(23)9-7-16/h3-9,14,20H,2,10-13,15H2,1H3,(H,24,27)(H,25,28). The number of nitrogens with zero attached hydrogens (tertiary/aromatic N) is 1. The van der Waals surface area contributed by atoms with E-state index in [1.165, 1.54) is 12.1 Å². The van der Waals surface area contributed by atoms with Gasteiger partial charge in [-0.15, -0.1) is 0 Å². The van der Waals surface area contributed by atoms with Crippen LogP contribution in [0.1, 0.15) is 28.9 Å². The van der Waals surface area contributed by atoms with Crippen molar-refractivity contribution < 1.29 is 23.5 Å². The summed E-state index contributed by atoms with van der Waals surface area (Å²) in [6.45, 7) is 5.04. The second-order valence-corrected chi connectivity index (χ2v) is 6.85. The minimum absolute atomic E-state index is 0.0979. The van der Waals surface area contributed by atoms with Gasteiger partial charge >= 0.3 is 6.09 Å². The van der Waals surface area contributed by atoms with Crippen LogP contribution in [0.3, 0.4) is 0 Å². The summed E-state index contributed by atoms with van der Waals surface area (Å²) in [5.41, 5.74) is 1.82. The van der Waals surface area contributed by atoms with Gasteiger partial charge in [0.15, 0.2) is 0 Å². The maximum atomic E-state index is 13.4. The maximum Gasteiger partial charge on any atom is 0.411 e. The first-order valence-corrected chi connectivity index (χ1v) is 9.96. The normalized spacial score (nSPS) is 15.3. The number of halogens is 1. The minimum Gasteiger partial charge on any atom is -0.450 e. The Morgan fingerprint density at radius 2 is 1.90 bits per heavy atom. The van der Waals surface area contributed by atoms with Gasteiger partial charge in [-0.3, -0.25) is 15.0 Å². The molecule has 30 heavy (non-hydrogen) atoms. The van der Waals surface area contributed by atoms with Gasteiger partial charge in [-0.05, 0) is 42.8 Å². The van der Waals surface area contributed by atoms with Crippen LogP contribution in [-0.4, -0.2) is 56.4 Å². The second-order valence-electron chi connectivity index (χ2n) is 6.85. The second kappa shape index (κ2) is 10.7. The third-order valence-corrected chi connectivity index (χ3v) is 4.84. The zero-order valence-electron chi connectivity index (χ0n) is 16.9. The molecule has 1 heterocycles. The molecule has 0 bridgehead atoms. The van der Waals surface area contributed by atoms with E-state index in [4.69, 9.17) is 9.47 Å². The van der Waals surface area contributed by atoms with Crippen LogP contribution in [0.4, 0.5) is 14.9 Å². The zero-order chi connectivity index (χ0) is 21.3. The molecule has 1 fully saturated rings. The summed E-state index contributed by atoms with van der Waals surface area (Å²) in [6, 6.07) is 12.9. The van der Waals surface area contributed by atoms with Crippen molar-refractivity contribution in [1.82, 2.24) is 10.2 Å². The highest BCUT2D eigenvalue weighted by Gasteiger charge is 2.23. The van der Waals surface area contributed by atoms with Crippen molar-refractivity contribution in [2.45, 2.75) is 13.0 Å². The lowest BCUT2D eigenvalue weighted by Crippen LogP contribution is -2.43. The van der Waals surface area contributed by atoms with E-state index < -0.39 is 6.09 Å². The van der Waals surface area contributed by atoms with E-state index in [0.29, 0.717) is 31.0 Å². The summed E-state index contributed by atoms with van der Waals surface area (Å²) < 4.78 is 23.6. The monoisotopic (exact) mass is 415 g/mol. The molecule has 3 rings (SSSR count). The smallest absolute Gasteiger partial charge is 0.411 e. The molecule has 8 heteroatoms. The maximum absolute atomic E-state index is 13.4. The van der Waals surface area contributed by atoms with Crippen LogP contribution in [0.5, 0.6) is 0 Å². The highest BCUT2D eigenvalue weighted by atomic mass is 19.1. The Labute approximate surface area is 175 Å². The Morgan fingerprint density at radius 3 is 2.60 bits per heavy atom. The van der Waals surface area contributed by atoms with Crippen LogP contribution in [0.15, 0.2) is 48.5 Å². The Hall–Kier alpha value is -2.97. The predicted octanol–water partition coefficient (Wildman–Crippen LogP) is 3.20. The number of carbonyl (C=O) groups excluding carboxylic acids is 2. The van der Waals surface area contributed by atoms with E-state index >= 15 is 0 Å². The molecule has 1 atom stereocenters. The molecule has 2 aromatic carbocycles. The Kier molecular flexibility index (Phi) is 7.75. The lowest BCUT2D eigenvalue weighted by Gasteiger charge is -2.35. The van der Waals surface area contributed by atoms with Crippen LogP contribution in [0.25, 0.3) is 0 Å². The highest BCUT2D eigenvalue weighted by molar-refractivity contribution is 5.96. The molecule has 1 unspecified atom stereocenters. The molecule has 2 N–H and O–H groups in total. The van der Waals surface area contributed by atoms with E-state index in [-0.39, 0.29) is 24.4 Å². The van der Waals surface area contributed by atoms with Gasteiger partial charge < -0.3 is 14.8 Å². The summed E-state index contributed by atoms with van der Waals surface area (Å²) in [4.78, 5) is 26.5. The van der Waals surface area contributed by atoms with Gasteiger partial charge in [-0.2, -0.15) is 0 Å². The summed E-state index contributed by atoms with van der Waals surface area (Å²) >= 11 is 0. The number of hydrogen-bond donors (Lipinski definition) is 2. The van der Waals surface area contributed by atoms with Crippen LogP contribution in [0.2, 0.25) is 0 Å². The van der Waals surface area contributed by atoms with E-state index in [9.17, 15) is 14.0 Å². The number of anilines is 1. The van der Waals surface area contributed by atoms with Gasteiger partial charge in [0.1, 0.15) is 5.82 Å². The van der Waals surface area contributed by atoms with Gasteiger partial charge in [0.05, 0.1) is 25.9 Å². The van der Waals surface area contributed by atoms with Crippen molar-refractivity contribution in [3.63, 3.8) is 0 Å². The van der Waals surface area contributed by atoms with Crippen LogP contribution < -0.4 is 10.6 Å². The number of carbonyl (C=O) groups is 2. The molecule has 7 nitrogen and oxygen atoms in total. The number of ether oxygens (including phenoxy) is 2. The average Bonchev–Trinajstić information content (AvgIpc) is 2.76. The molecule has 0 saturated carbocycles. The van der Waals surface area contributed by atoms with Crippen LogP contribution >= 0.6 is 0 Å². The van der Waals surface area contributed by atoms with Crippen molar-refractivity contribution in [2.75, 3.05) is 44.8 Å². The predicted molar refractivity (Wildman–Crippen MR) is 111 cm³/mol. The van der Waals surface area contributed by atoms with Crippen LogP contribution in [0, 0.1) is 5.82 Å². The zero-order valence-corrected chi connectivity index (χ0v) is 16.9. The molecule has 0 aliphatic carbocycles. The number of benzene rings is 2. The molecule has 0 spiro atoms. The van der Waals surface area contributed by atoms with Gasteiger partial charge in [-0.1, -0.05) is 18.2 Å². The van der Waals surface area contributed by atoms with E-state index in [1.54, 1.807) is 43.3 Å². The van der Waals surface area contributed by atoms with E-state index in [0.717, 1.165) is 18.7 Å². The van der Waals surface area contributed by atoms with Crippen molar-refractivity contribution in [3.8, 4) is 0 Å². The summed E-state index contributed by atoms with van der Waals surface area (Å²) in [5, 5.41) is 5.54. The molecule has 1 saturated heterocycles. The molecule has 160 valence electrons. The molecule has 1 aliphatic heterocycles. The fraction of sp³-hybridized carbons (Fsp3) is 0.364. The van der Waals surface area contributed by atoms with Gasteiger partial charge in [0.2, 0.25) is 0 Å². The number of morpholine rings is 1. The molecule has 0 radical (unpaired) electrons. The van der Waals surface area contributed by atoms with Crippen LogP contribution in [-0.2, 0) is 9.47 Å². The number of hydrogen-bond acceptors (Lipinski definition) is 5. The van der Waals surface area contributed by atoms with Gasteiger partial charge in [0.25, 0.3) is 5.91 Å². The first-order chi connectivity index (χ1) is 14.6. The molecule has 1 aliphatic rings. The Bertz CT molecular complexity index is 854. The Morgan fingerprint density at radius 1 is 1.17 bits per heavy atom. The van der Waals surface area contributed by atoms with Crippen molar-refractivity contribution in [1.29, 1.82) is 0 Å². The molecular formula is C22H26FN3O4.